The van der Waals surface area contributed by atoms with Crippen LogP contribution >= 0.6 is 0 Å². The maximum atomic E-state index is 12.2. The molecule has 0 saturated carbocycles. The van der Waals surface area contributed by atoms with Crippen molar-refractivity contribution in [2.24, 2.45) is 0 Å². The Morgan fingerprint density at radius 3 is 1.47 bits per heavy atom. The van der Waals surface area contributed by atoms with Gasteiger partial charge in [-0.05, 0) is 38.1 Å². The summed E-state index contributed by atoms with van der Waals surface area (Å²) >= 11 is 0. The molecule has 0 spiro atoms. The van der Waals surface area contributed by atoms with E-state index >= 15 is 0 Å². The van der Waals surface area contributed by atoms with Crippen molar-refractivity contribution in [2.75, 3.05) is 23.8 Å². The first kappa shape index (κ1) is 24.1. The number of anilines is 2. The molecule has 0 bridgehead atoms. The minimum atomic E-state index is -0.657. The Balaban J connectivity index is 2.00. The molecule has 0 unspecified atom stereocenters. The molecule has 0 aromatic heterocycles. The summed E-state index contributed by atoms with van der Waals surface area (Å²) < 4.78 is 10.4. The highest BCUT2D eigenvalue weighted by Crippen LogP contribution is 2.30. The standard InChI is InChI=1S/C20H22N4O8/c1-3-31-13-5-7-15(17(11-13)23(27)28)21-19(25)9-10-20(26)22-16-8-6-14(32-4-2)12-18(16)24(29)30/h5-8,11-12H,3-4,9-10H2,1-2H3,(H,21,25)(H,22,26). The van der Waals surface area contributed by atoms with E-state index in [1.165, 1.54) is 36.4 Å². The fourth-order valence-corrected chi connectivity index (χ4v) is 2.70. The van der Waals surface area contributed by atoms with Crippen LogP contribution in [0.3, 0.4) is 0 Å². The van der Waals surface area contributed by atoms with Crippen LogP contribution in [0.25, 0.3) is 0 Å². The second-order valence-electron chi connectivity index (χ2n) is 6.33. The first-order valence-corrected chi connectivity index (χ1v) is 9.67. The molecule has 170 valence electrons. The van der Waals surface area contributed by atoms with Crippen LogP contribution in [0.5, 0.6) is 11.5 Å². The fraction of sp³-hybridized carbons (Fsp3) is 0.300. The van der Waals surface area contributed by atoms with Crippen LogP contribution in [-0.4, -0.2) is 34.9 Å². The minimum absolute atomic E-state index is 0.0361. The highest BCUT2D eigenvalue weighted by atomic mass is 16.6. The molecule has 0 heterocycles. The molecule has 0 aliphatic heterocycles. The van der Waals surface area contributed by atoms with Crippen molar-refractivity contribution in [3.63, 3.8) is 0 Å². The SMILES string of the molecule is CCOc1ccc(NC(=O)CCC(=O)Nc2ccc(OCC)cc2[N+](=O)[O-])c([N+](=O)[O-])c1. The third-order valence-electron chi connectivity index (χ3n) is 4.08. The molecule has 12 nitrogen and oxygen atoms in total. The Kier molecular flexibility index (Phi) is 8.45. The largest absolute Gasteiger partial charge is 0.494 e. The van der Waals surface area contributed by atoms with Gasteiger partial charge < -0.3 is 20.1 Å². The topological polar surface area (TPSA) is 163 Å². The molecule has 2 N–H and O–H groups in total. The van der Waals surface area contributed by atoms with Gasteiger partial charge in [-0.2, -0.15) is 0 Å². The van der Waals surface area contributed by atoms with E-state index in [0.717, 1.165) is 0 Å². The van der Waals surface area contributed by atoms with E-state index in [4.69, 9.17) is 9.47 Å². The first-order chi connectivity index (χ1) is 15.2. The lowest BCUT2D eigenvalue weighted by Gasteiger charge is -2.09. The van der Waals surface area contributed by atoms with Gasteiger partial charge >= 0.3 is 0 Å². The zero-order chi connectivity index (χ0) is 23.7. The summed E-state index contributed by atoms with van der Waals surface area (Å²) in [6, 6.07) is 8.01. The molecule has 32 heavy (non-hydrogen) atoms. The van der Waals surface area contributed by atoms with Crippen LogP contribution in [0.4, 0.5) is 22.7 Å². The number of hydrogen-bond donors (Lipinski definition) is 2. The summed E-state index contributed by atoms with van der Waals surface area (Å²) in [4.78, 5) is 45.5. The molecule has 0 fully saturated rings. The van der Waals surface area contributed by atoms with E-state index in [2.05, 4.69) is 10.6 Å². The van der Waals surface area contributed by atoms with Crippen LogP contribution in [0.15, 0.2) is 36.4 Å². The Morgan fingerprint density at radius 1 is 0.781 bits per heavy atom. The normalized spacial score (nSPS) is 10.2. The third-order valence-corrected chi connectivity index (χ3v) is 4.08. The zero-order valence-electron chi connectivity index (χ0n) is 17.5. The van der Waals surface area contributed by atoms with E-state index in [1.54, 1.807) is 13.8 Å². The summed E-state index contributed by atoms with van der Waals surface area (Å²) in [5.41, 5.74) is -0.769. The van der Waals surface area contributed by atoms with Crippen molar-refractivity contribution in [3.05, 3.63) is 56.6 Å². The van der Waals surface area contributed by atoms with Crippen LogP contribution in [0.2, 0.25) is 0 Å². The Hall–Kier alpha value is -4.22. The van der Waals surface area contributed by atoms with Gasteiger partial charge in [-0.1, -0.05) is 0 Å². The Labute approximate surface area is 182 Å². The van der Waals surface area contributed by atoms with Crippen molar-refractivity contribution in [1.29, 1.82) is 0 Å². The number of nitrogens with zero attached hydrogens (tertiary/aromatic N) is 2. The van der Waals surface area contributed by atoms with Gasteiger partial charge in [-0.15, -0.1) is 0 Å². The average Bonchev–Trinajstić information content (AvgIpc) is 2.74. The number of benzene rings is 2. The number of carbonyl (C=O) groups is 2. The van der Waals surface area contributed by atoms with Gasteiger partial charge in [-0.3, -0.25) is 29.8 Å². The Morgan fingerprint density at radius 2 is 1.16 bits per heavy atom. The van der Waals surface area contributed by atoms with Crippen molar-refractivity contribution < 1.29 is 28.9 Å². The third kappa shape index (κ3) is 6.65. The summed E-state index contributed by atoms with van der Waals surface area (Å²) in [6.45, 7) is 4.11. The number of carbonyl (C=O) groups excluding carboxylic acids is 2. The van der Waals surface area contributed by atoms with Gasteiger partial charge in [0.15, 0.2) is 0 Å². The number of amides is 2. The van der Waals surface area contributed by atoms with E-state index in [0.29, 0.717) is 13.2 Å². The summed E-state index contributed by atoms with van der Waals surface area (Å²) in [5, 5.41) is 27.3. The molecule has 2 aromatic rings. The number of nitro groups is 2. The predicted molar refractivity (Wildman–Crippen MR) is 115 cm³/mol. The molecule has 2 aromatic carbocycles. The summed E-state index contributed by atoms with van der Waals surface area (Å²) in [6.07, 6.45) is -0.581. The van der Waals surface area contributed by atoms with Gasteiger partial charge in [-0.25, -0.2) is 0 Å². The lowest BCUT2D eigenvalue weighted by Crippen LogP contribution is -2.18. The quantitative estimate of drug-likeness (QED) is 0.390. The van der Waals surface area contributed by atoms with E-state index in [9.17, 15) is 29.8 Å². The second kappa shape index (κ2) is 11.2. The summed E-state index contributed by atoms with van der Waals surface area (Å²) in [5.74, 6) is -0.691. The number of rotatable bonds is 11. The summed E-state index contributed by atoms with van der Waals surface area (Å²) in [7, 11) is 0. The smallest absolute Gasteiger partial charge is 0.296 e. The molecule has 2 rings (SSSR count). The number of ether oxygens (including phenoxy) is 2. The molecule has 0 aliphatic carbocycles. The van der Waals surface area contributed by atoms with Gasteiger partial charge in [0.2, 0.25) is 11.8 Å². The molecular formula is C20H22N4O8. The van der Waals surface area contributed by atoms with Gasteiger partial charge in [0.25, 0.3) is 11.4 Å². The van der Waals surface area contributed by atoms with E-state index in [-0.39, 0.29) is 47.1 Å². The van der Waals surface area contributed by atoms with Crippen molar-refractivity contribution >= 4 is 34.6 Å². The fourth-order valence-electron chi connectivity index (χ4n) is 2.70. The lowest BCUT2D eigenvalue weighted by molar-refractivity contribution is -0.384. The maximum Gasteiger partial charge on any atom is 0.296 e. The molecule has 12 heteroatoms. The van der Waals surface area contributed by atoms with Crippen LogP contribution in [0.1, 0.15) is 26.7 Å². The molecular weight excluding hydrogens is 424 g/mol. The van der Waals surface area contributed by atoms with Crippen molar-refractivity contribution in [1.82, 2.24) is 0 Å². The lowest BCUT2D eigenvalue weighted by atomic mass is 10.2. The van der Waals surface area contributed by atoms with Crippen molar-refractivity contribution in [3.8, 4) is 11.5 Å². The molecule has 0 radical (unpaired) electrons. The number of nitrogens with one attached hydrogen (secondary N) is 2. The highest BCUT2D eigenvalue weighted by Gasteiger charge is 2.20. The second-order valence-corrected chi connectivity index (χ2v) is 6.33. The van der Waals surface area contributed by atoms with Crippen LogP contribution in [-0.2, 0) is 9.59 Å². The zero-order valence-corrected chi connectivity index (χ0v) is 17.5. The maximum absolute atomic E-state index is 12.2. The van der Waals surface area contributed by atoms with Crippen LogP contribution < -0.4 is 20.1 Å². The van der Waals surface area contributed by atoms with Gasteiger partial charge in [0.1, 0.15) is 22.9 Å². The monoisotopic (exact) mass is 446 g/mol. The Bertz CT molecular complexity index is 943. The van der Waals surface area contributed by atoms with E-state index < -0.39 is 21.7 Å². The predicted octanol–water partition coefficient (Wildman–Crippen LogP) is 3.66. The number of nitro benzene ring substituents is 2. The van der Waals surface area contributed by atoms with E-state index in [1.807, 2.05) is 0 Å². The van der Waals surface area contributed by atoms with Crippen molar-refractivity contribution in [2.45, 2.75) is 26.7 Å². The molecule has 0 aliphatic rings. The first-order valence-electron chi connectivity index (χ1n) is 9.67. The minimum Gasteiger partial charge on any atom is -0.494 e. The van der Waals surface area contributed by atoms with Gasteiger partial charge in [0, 0.05) is 12.8 Å². The van der Waals surface area contributed by atoms with Gasteiger partial charge in [0.05, 0.1) is 35.2 Å². The highest BCUT2D eigenvalue weighted by molar-refractivity contribution is 5.98. The molecule has 2 amide bonds. The molecule has 0 saturated heterocycles. The molecule has 0 atom stereocenters. The van der Waals surface area contributed by atoms with Crippen LogP contribution in [0, 0.1) is 20.2 Å². The average molecular weight is 446 g/mol. The number of hydrogen-bond acceptors (Lipinski definition) is 8.